The Balaban J connectivity index is 2.20. The van der Waals surface area contributed by atoms with Crippen LogP contribution in [0.5, 0.6) is 0 Å². The van der Waals surface area contributed by atoms with E-state index < -0.39 is 34.7 Å². The molecule has 1 saturated heterocycles. The molecule has 2 N–H and O–H groups in total. The van der Waals surface area contributed by atoms with E-state index >= 15 is 0 Å². The van der Waals surface area contributed by atoms with Gasteiger partial charge in [-0.2, -0.15) is 13.2 Å². The minimum Gasteiger partial charge on any atom is -0.322 e. The minimum absolute atomic E-state index is 0.455. The Kier molecular flexibility index (Phi) is 4.22. The zero-order valence-corrected chi connectivity index (χ0v) is 11.5. The van der Waals surface area contributed by atoms with Crippen molar-refractivity contribution in [3.05, 3.63) is 29.6 Å². The first-order chi connectivity index (χ1) is 9.72. The summed E-state index contributed by atoms with van der Waals surface area (Å²) in [5.41, 5.74) is -2.34. The molecule has 1 aliphatic heterocycles. The van der Waals surface area contributed by atoms with Crippen LogP contribution in [0.3, 0.4) is 0 Å². The fraction of sp³-hybridized carbons (Fsp3) is 0.500. The Labute approximate surface area is 119 Å². The number of anilines is 1. The van der Waals surface area contributed by atoms with Gasteiger partial charge in [0, 0.05) is 0 Å². The largest absolute Gasteiger partial charge is 0.416 e. The summed E-state index contributed by atoms with van der Waals surface area (Å²) in [5, 5.41) is 5.28. The Morgan fingerprint density at radius 1 is 1.33 bits per heavy atom. The third-order valence-electron chi connectivity index (χ3n) is 3.66. The lowest BCUT2D eigenvalue weighted by molar-refractivity contribution is -0.137. The molecule has 1 aliphatic rings. The van der Waals surface area contributed by atoms with E-state index in [1.807, 2.05) is 0 Å². The van der Waals surface area contributed by atoms with Crippen LogP contribution < -0.4 is 10.6 Å². The van der Waals surface area contributed by atoms with E-state index in [1.165, 1.54) is 0 Å². The highest BCUT2D eigenvalue weighted by atomic mass is 19.4. The molecule has 1 heterocycles. The van der Waals surface area contributed by atoms with Crippen LogP contribution in [0.1, 0.15) is 31.7 Å². The van der Waals surface area contributed by atoms with Gasteiger partial charge >= 0.3 is 6.18 Å². The normalized spacial score (nSPS) is 22.9. The molecule has 0 spiro atoms. The highest BCUT2D eigenvalue weighted by Crippen LogP contribution is 2.32. The monoisotopic (exact) mass is 304 g/mol. The second-order valence-electron chi connectivity index (χ2n) is 5.36. The third-order valence-corrected chi connectivity index (χ3v) is 3.66. The molecule has 0 bridgehead atoms. The second-order valence-corrected chi connectivity index (χ2v) is 5.36. The standard InChI is InChI=1S/C14H16F4N2O/c1-13(6-2-3-7-19-13)12(21)20-11-8-9(14(16,17)18)4-5-10(11)15/h4-5,8,19H,2-3,6-7H2,1H3,(H,20,21). The number of carbonyl (C=O) groups excluding carboxylic acids is 1. The van der Waals surface area contributed by atoms with E-state index in [-0.39, 0.29) is 0 Å². The number of amides is 1. The van der Waals surface area contributed by atoms with Gasteiger partial charge < -0.3 is 10.6 Å². The van der Waals surface area contributed by atoms with Gasteiger partial charge in [0.25, 0.3) is 0 Å². The molecule has 1 aromatic rings. The zero-order valence-electron chi connectivity index (χ0n) is 11.5. The molecular formula is C14H16F4N2O. The lowest BCUT2D eigenvalue weighted by Gasteiger charge is -2.33. The fourth-order valence-corrected chi connectivity index (χ4v) is 2.31. The molecule has 0 saturated carbocycles. The quantitative estimate of drug-likeness (QED) is 0.823. The Bertz CT molecular complexity index is 536. The van der Waals surface area contributed by atoms with Gasteiger partial charge in [-0.1, -0.05) is 0 Å². The molecule has 3 nitrogen and oxygen atoms in total. The van der Waals surface area contributed by atoms with Gasteiger partial charge in [-0.25, -0.2) is 4.39 Å². The molecule has 1 aromatic carbocycles. The molecule has 2 rings (SSSR count). The van der Waals surface area contributed by atoms with Gasteiger partial charge in [-0.3, -0.25) is 4.79 Å². The Morgan fingerprint density at radius 3 is 2.62 bits per heavy atom. The lowest BCUT2D eigenvalue weighted by atomic mass is 9.90. The van der Waals surface area contributed by atoms with Crippen molar-refractivity contribution in [1.82, 2.24) is 5.32 Å². The van der Waals surface area contributed by atoms with Crippen molar-refractivity contribution < 1.29 is 22.4 Å². The number of rotatable bonds is 2. The van der Waals surface area contributed by atoms with Gasteiger partial charge in [-0.05, 0) is 50.9 Å². The van der Waals surface area contributed by atoms with Crippen molar-refractivity contribution in [2.24, 2.45) is 0 Å². The van der Waals surface area contributed by atoms with Crippen LogP contribution >= 0.6 is 0 Å². The Hall–Kier alpha value is -1.63. The van der Waals surface area contributed by atoms with Crippen molar-refractivity contribution in [2.45, 2.75) is 37.9 Å². The number of benzene rings is 1. The molecule has 7 heteroatoms. The highest BCUT2D eigenvalue weighted by molar-refractivity contribution is 5.98. The van der Waals surface area contributed by atoms with Crippen LogP contribution in [0.15, 0.2) is 18.2 Å². The number of nitrogens with one attached hydrogen (secondary N) is 2. The van der Waals surface area contributed by atoms with Gasteiger partial charge in [0.05, 0.1) is 16.8 Å². The van der Waals surface area contributed by atoms with Gasteiger partial charge in [0.1, 0.15) is 5.82 Å². The minimum atomic E-state index is -4.58. The average Bonchev–Trinajstić information content (AvgIpc) is 2.40. The van der Waals surface area contributed by atoms with Crippen LogP contribution in [-0.2, 0) is 11.0 Å². The van der Waals surface area contributed by atoms with Crippen molar-refractivity contribution >= 4 is 11.6 Å². The summed E-state index contributed by atoms with van der Waals surface area (Å²) < 4.78 is 51.5. The topological polar surface area (TPSA) is 41.1 Å². The van der Waals surface area contributed by atoms with Crippen LogP contribution in [0, 0.1) is 5.82 Å². The summed E-state index contributed by atoms with van der Waals surface area (Å²) in [5.74, 6) is -1.42. The summed E-state index contributed by atoms with van der Waals surface area (Å²) in [6.07, 6.45) is -2.26. The van der Waals surface area contributed by atoms with Gasteiger partial charge in [-0.15, -0.1) is 0 Å². The maximum Gasteiger partial charge on any atom is 0.416 e. The van der Waals surface area contributed by atoms with Gasteiger partial charge in [0.15, 0.2) is 0 Å². The first-order valence-electron chi connectivity index (χ1n) is 6.66. The zero-order chi connectivity index (χ0) is 15.7. The molecule has 116 valence electrons. The summed E-state index contributed by atoms with van der Waals surface area (Å²) in [4.78, 5) is 12.2. The maximum atomic E-state index is 13.6. The molecule has 1 amide bonds. The SMILES string of the molecule is CC1(C(=O)Nc2cc(C(F)(F)F)ccc2F)CCCCN1. The first kappa shape index (κ1) is 15.8. The Morgan fingerprint density at radius 2 is 2.05 bits per heavy atom. The van der Waals surface area contributed by atoms with E-state index in [9.17, 15) is 22.4 Å². The lowest BCUT2D eigenvalue weighted by Crippen LogP contribution is -2.54. The average molecular weight is 304 g/mol. The van der Waals surface area contributed by atoms with E-state index in [2.05, 4.69) is 10.6 Å². The first-order valence-corrected chi connectivity index (χ1v) is 6.66. The maximum absolute atomic E-state index is 13.6. The van der Waals surface area contributed by atoms with E-state index in [4.69, 9.17) is 0 Å². The summed E-state index contributed by atoms with van der Waals surface area (Å²) in [6, 6.07) is 1.96. The van der Waals surface area contributed by atoms with Gasteiger partial charge in [0.2, 0.25) is 5.91 Å². The van der Waals surface area contributed by atoms with Crippen LogP contribution in [-0.4, -0.2) is 18.0 Å². The molecule has 1 fully saturated rings. The van der Waals surface area contributed by atoms with Crippen molar-refractivity contribution in [2.75, 3.05) is 11.9 Å². The number of alkyl halides is 3. The summed E-state index contributed by atoms with van der Waals surface area (Å²) in [6.45, 7) is 2.31. The fourth-order valence-electron chi connectivity index (χ4n) is 2.31. The highest BCUT2D eigenvalue weighted by Gasteiger charge is 2.35. The molecular weight excluding hydrogens is 288 g/mol. The molecule has 1 atom stereocenters. The molecule has 21 heavy (non-hydrogen) atoms. The van der Waals surface area contributed by atoms with E-state index in [0.29, 0.717) is 31.2 Å². The van der Waals surface area contributed by atoms with Crippen LogP contribution in [0.25, 0.3) is 0 Å². The van der Waals surface area contributed by atoms with Crippen molar-refractivity contribution in [3.8, 4) is 0 Å². The predicted octanol–water partition coefficient (Wildman–Crippen LogP) is 3.32. The van der Waals surface area contributed by atoms with Crippen LogP contribution in [0.2, 0.25) is 0 Å². The van der Waals surface area contributed by atoms with Crippen molar-refractivity contribution in [3.63, 3.8) is 0 Å². The smallest absolute Gasteiger partial charge is 0.322 e. The summed E-state index contributed by atoms with van der Waals surface area (Å²) >= 11 is 0. The second kappa shape index (κ2) is 5.63. The summed E-state index contributed by atoms with van der Waals surface area (Å²) in [7, 11) is 0. The van der Waals surface area contributed by atoms with E-state index in [0.717, 1.165) is 12.8 Å². The van der Waals surface area contributed by atoms with E-state index in [1.54, 1.807) is 6.92 Å². The molecule has 0 radical (unpaired) electrons. The number of hydrogen-bond donors (Lipinski definition) is 2. The number of carbonyl (C=O) groups is 1. The molecule has 1 unspecified atom stereocenters. The number of halogens is 4. The molecule has 0 aromatic heterocycles. The number of piperidine rings is 1. The number of hydrogen-bond acceptors (Lipinski definition) is 2. The molecule has 0 aliphatic carbocycles. The van der Waals surface area contributed by atoms with Crippen LogP contribution in [0.4, 0.5) is 23.2 Å². The predicted molar refractivity (Wildman–Crippen MR) is 70.3 cm³/mol. The third kappa shape index (κ3) is 3.53. The van der Waals surface area contributed by atoms with Crippen molar-refractivity contribution in [1.29, 1.82) is 0 Å².